The summed E-state index contributed by atoms with van der Waals surface area (Å²) in [6.45, 7) is 0. The van der Waals surface area contributed by atoms with Crippen LogP contribution in [0, 0.1) is 0 Å². The normalized spacial score (nSPS) is 36.0. The van der Waals surface area contributed by atoms with Crippen LogP contribution in [0.4, 0.5) is 0 Å². The molecular weight excluding hydrogens is 148 g/mol. The van der Waals surface area contributed by atoms with Gasteiger partial charge in [-0.25, -0.2) is 0 Å². The minimum Gasteiger partial charge on any atom is -0.390 e. The number of hydrogen-bond donors (Lipinski definition) is 2. The average Bonchev–Trinajstić information content (AvgIpc) is 2.29. The van der Waals surface area contributed by atoms with E-state index >= 15 is 0 Å². The molecule has 0 aromatic carbocycles. The quantitative estimate of drug-likeness (QED) is 0.537. The van der Waals surface area contributed by atoms with Crippen LogP contribution in [0.25, 0.3) is 0 Å². The second-order valence-electron chi connectivity index (χ2n) is 2.86. The number of hydrogen-bond acceptors (Lipinski definition) is 4. The highest BCUT2D eigenvalue weighted by molar-refractivity contribution is 4.89. The van der Waals surface area contributed by atoms with Gasteiger partial charge in [0.1, 0.15) is 0 Å². The van der Waals surface area contributed by atoms with Gasteiger partial charge in [0.05, 0.1) is 12.2 Å². The molecule has 0 radical (unpaired) electrons. The molecule has 0 heterocycles. The molecule has 2 N–H and O–H groups in total. The Kier molecular flexibility index (Phi) is 2.49. The van der Waals surface area contributed by atoms with E-state index in [9.17, 15) is 10.2 Å². The number of ether oxygens (including phenoxy) is 2. The smallest absolute Gasteiger partial charge is 0.172 e. The lowest BCUT2D eigenvalue weighted by Crippen LogP contribution is -2.31. The van der Waals surface area contributed by atoms with Gasteiger partial charge in [0.15, 0.2) is 5.79 Å². The van der Waals surface area contributed by atoms with Crippen LogP contribution in [0.5, 0.6) is 0 Å². The van der Waals surface area contributed by atoms with Crippen LogP contribution in [-0.2, 0) is 9.47 Å². The van der Waals surface area contributed by atoms with E-state index < -0.39 is 18.0 Å². The van der Waals surface area contributed by atoms with Gasteiger partial charge in [-0.05, 0) is 0 Å². The molecule has 11 heavy (non-hydrogen) atoms. The van der Waals surface area contributed by atoms with Crippen LogP contribution in [0.2, 0.25) is 0 Å². The fourth-order valence-corrected chi connectivity index (χ4v) is 1.41. The fraction of sp³-hybridized carbons (Fsp3) is 1.00. The highest BCUT2D eigenvalue weighted by Gasteiger charge is 2.44. The Labute approximate surface area is 65.7 Å². The Morgan fingerprint density at radius 1 is 1.09 bits per heavy atom. The Hall–Kier alpha value is -0.160. The topological polar surface area (TPSA) is 58.9 Å². The molecule has 0 saturated heterocycles. The SMILES string of the molecule is COC1(OC)C[C@@H](O)[C@@H](O)C1. The van der Waals surface area contributed by atoms with E-state index in [2.05, 4.69) is 0 Å². The molecule has 4 nitrogen and oxygen atoms in total. The van der Waals surface area contributed by atoms with Gasteiger partial charge in [-0.15, -0.1) is 0 Å². The highest BCUT2D eigenvalue weighted by atomic mass is 16.7. The summed E-state index contributed by atoms with van der Waals surface area (Å²) in [5.41, 5.74) is 0. The minimum absolute atomic E-state index is 0.334. The zero-order valence-corrected chi connectivity index (χ0v) is 6.78. The molecule has 66 valence electrons. The van der Waals surface area contributed by atoms with E-state index in [1.54, 1.807) is 0 Å². The van der Waals surface area contributed by atoms with Crippen molar-refractivity contribution in [2.45, 2.75) is 30.8 Å². The second kappa shape index (κ2) is 3.06. The first-order chi connectivity index (χ1) is 5.13. The van der Waals surface area contributed by atoms with Crippen molar-refractivity contribution in [2.24, 2.45) is 0 Å². The van der Waals surface area contributed by atoms with E-state index in [0.29, 0.717) is 12.8 Å². The van der Waals surface area contributed by atoms with Crippen molar-refractivity contribution in [2.75, 3.05) is 14.2 Å². The van der Waals surface area contributed by atoms with E-state index in [1.165, 1.54) is 14.2 Å². The zero-order valence-electron chi connectivity index (χ0n) is 6.78. The summed E-state index contributed by atoms with van der Waals surface area (Å²) in [6, 6.07) is 0. The van der Waals surface area contributed by atoms with Crippen LogP contribution >= 0.6 is 0 Å². The minimum atomic E-state index is -0.779. The molecule has 1 aliphatic carbocycles. The lowest BCUT2D eigenvalue weighted by atomic mass is 10.2. The van der Waals surface area contributed by atoms with Crippen LogP contribution in [0.15, 0.2) is 0 Å². The van der Waals surface area contributed by atoms with Crippen LogP contribution in [0.3, 0.4) is 0 Å². The van der Waals surface area contributed by atoms with Crippen LogP contribution < -0.4 is 0 Å². The highest BCUT2D eigenvalue weighted by Crippen LogP contribution is 2.33. The Bertz CT molecular complexity index is 120. The van der Waals surface area contributed by atoms with Gasteiger partial charge in [0.2, 0.25) is 0 Å². The molecule has 4 heteroatoms. The fourth-order valence-electron chi connectivity index (χ4n) is 1.41. The predicted molar refractivity (Wildman–Crippen MR) is 38.0 cm³/mol. The van der Waals surface area contributed by atoms with Crippen LogP contribution in [0.1, 0.15) is 12.8 Å². The third-order valence-electron chi connectivity index (χ3n) is 2.23. The maximum atomic E-state index is 9.19. The molecular formula is C7H14O4. The van der Waals surface area contributed by atoms with Gasteiger partial charge in [0.25, 0.3) is 0 Å². The molecule has 0 aromatic heterocycles. The third kappa shape index (κ3) is 1.54. The predicted octanol–water partition coefficient (Wildman–Crippen LogP) is -0.509. The summed E-state index contributed by atoms with van der Waals surface area (Å²) in [5, 5.41) is 18.4. The first kappa shape index (κ1) is 8.93. The monoisotopic (exact) mass is 162 g/mol. The molecule has 0 bridgehead atoms. The molecule has 0 amide bonds. The summed E-state index contributed by atoms with van der Waals surface area (Å²) >= 11 is 0. The van der Waals surface area contributed by atoms with E-state index in [1.807, 2.05) is 0 Å². The van der Waals surface area contributed by atoms with E-state index in [4.69, 9.17) is 9.47 Å². The van der Waals surface area contributed by atoms with Crippen molar-refractivity contribution in [1.29, 1.82) is 0 Å². The van der Waals surface area contributed by atoms with Gasteiger partial charge in [-0.2, -0.15) is 0 Å². The number of aliphatic hydroxyl groups excluding tert-OH is 2. The second-order valence-corrected chi connectivity index (χ2v) is 2.86. The van der Waals surface area contributed by atoms with E-state index in [0.717, 1.165) is 0 Å². The van der Waals surface area contributed by atoms with Crippen molar-refractivity contribution in [1.82, 2.24) is 0 Å². The number of rotatable bonds is 2. The largest absolute Gasteiger partial charge is 0.390 e. The summed E-state index contributed by atoms with van der Waals surface area (Å²) in [5.74, 6) is -0.779. The first-order valence-corrected chi connectivity index (χ1v) is 3.60. The van der Waals surface area contributed by atoms with Crippen molar-refractivity contribution in [3.8, 4) is 0 Å². The molecule has 0 unspecified atom stereocenters. The van der Waals surface area contributed by atoms with Crippen molar-refractivity contribution in [3.05, 3.63) is 0 Å². The lowest BCUT2D eigenvalue weighted by Gasteiger charge is -2.24. The van der Waals surface area contributed by atoms with Gasteiger partial charge in [0, 0.05) is 27.1 Å². The summed E-state index contributed by atoms with van der Waals surface area (Å²) in [4.78, 5) is 0. The van der Waals surface area contributed by atoms with Gasteiger partial charge >= 0.3 is 0 Å². The summed E-state index contributed by atoms with van der Waals surface area (Å²) in [6.07, 6.45) is -0.785. The third-order valence-corrected chi connectivity index (χ3v) is 2.23. The van der Waals surface area contributed by atoms with Gasteiger partial charge in [-0.1, -0.05) is 0 Å². The van der Waals surface area contributed by atoms with Crippen molar-refractivity contribution in [3.63, 3.8) is 0 Å². The standard InChI is InChI=1S/C7H14O4/c1-10-7(11-2)3-5(8)6(9)4-7/h5-6,8-9H,3-4H2,1-2H3/t5-,6+. The van der Waals surface area contributed by atoms with E-state index in [-0.39, 0.29) is 0 Å². The van der Waals surface area contributed by atoms with Crippen LogP contribution in [-0.4, -0.2) is 42.4 Å². The average molecular weight is 162 g/mol. The Balaban J connectivity index is 2.61. The van der Waals surface area contributed by atoms with Crippen molar-refractivity contribution >= 4 is 0 Å². The molecule has 2 atom stereocenters. The summed E-state index contributed by atoms with van der Waals surface area (Å²) in [7, 11) is 3.02. The maximum absolute atomic E-state index is 9.19. The van der Waals surface area contributed by atoms with Crippen molar-refractivity contribution < 1.29 is 19.7 Å². The molecule has 0 aromatic rings. The Morgan fingerprint density at radius 3 is 1.64 bits per heavy atom. The molecule has 1 aliphatic rings. The Morgan fingerprint density at radius 2 is 1.45 bits per heavy atom. The maximum Gasteiger partial charge on any atom is 0.172 e. The van der Waals surface area contributed by atoms with Gasteiger partial charge in [-0.3, -0.25) is 0 Å². The molecule has 1 rings (SSSR count). The zero-order chi connectivity index (χ0) is 8.48. The molecule has 0 spiro atoms. The summed E-state index contributed by atoms with van der Waals surface area (Å²) < 4.78 is 10.1. The lowest BCUT2D eigenvalue weighted by molar-refractivity contribution is -0.206. The first-order valence-electron chi connectivity index (χ1n) is 3.60. The molecule has 1 saturated carbocycles. The van der Waals surface area contributed by atoms with Gasteiger partial charge < -0.3 is 19.7 Å². The molecule has 1 fully saturated rings. The number of methoxy groups -OCH3 is 2. The number of aliphatic hydroxyl groups is 2. The molecule has 0 aliphatic heterocycles.